The van der Waals surface area contributed by atoms with Crippen LogP contribution in [0.1, 0.15) is 12.8 Å². The molecule has 1 aliphatic carbocycles. The first-order valence-corrected chi connectivity index (χ1v) is 2.87. The molecule has 44 valence electrons. The summed E-state index contributed by atoms with van der Waals surface area (Å²) in [6.07, 6.45) is 6.54. The molecule has 1 rings (SSSR count). The zero-order chi connectivity index (χ0) is 5.82. The van der Waals surface area contributed by atoms with Gasteiger partial charge < -0.3 is 4.74 Å². The van der Waals surface area contributed by atoms with Gasteiger partial charge >= 0.3 is 0 Å². The van der Waals surface area contributed by atoms with E-state index >= 15 is 0 Å². The molecular formula is C7H10O. The summed E-state index contributed by atoms with van der Waals surface area (Å²) in [5.41, 5.74) is 3.01. The Bertz CT molecular complexity index is 120. The van der Waals surface area contributed by atoms with E-state index < -0.39 is 0 Å². The fourth-order valence-corrected chi connectivity index (χ4v) is 0.776. The van der Waals surface area contributed by atoms with Crippen molar-refractivity contribution < 1.29 is 4.74 Å². The molecule has 1 unspecified atom stereocenters. The zero-order valence-electron chi connectivity index (χ0n) is 5.05. The third-order valence-electron chi connectivity index (χ3n) is 1.30. The van der Waals surface area contributed by atoms with Crippen molar-refractivity contribution in [2.45, 2.75) is 18.9 Å². The zero-order valence-corrected chi connectivity index (χ0v) is 5.05. The lowest BCUT2D eigenvalue weighted by Gasteiger charge is -2.08. The third-order valence-corrected chi connectivity index (χ3v) is 1.30. The molecule has 0 aromatic carbocycles. The normalized spacial score (nSPS) is 26.4. The van der Waals surface area contributed by atoms with Crippen molar-refractivity contribution >= 4 is 0 Å². The first kappa shape index (κ1) is 5.61. The lowest BCUT2D eigenvalue weighted by molar-refractivity contribution is 0.133. The highest BCUT2D eigenvalue weighted by Crippen LogP contribution is 2.06. The Morgan fingerprint density at radius 2 is 2.62 bits per heavy atom. The molecule has 1 atom stereocenters. The Hall–Kier alpha value is -0.520. The largest absolute Gasteiger partial charge is 0.377 e. The summed E-state index contributed by atoms with van der Waals surface area (Å²) in [5.74, 6) is 0. The monoisotopic (exact) mass is 110 g/mol. The van der Waals surface area contributed by atoms with E-state index in [9.17, 15) is 0 Å². The Labute approximate surface area is 49.7 Å². The van der Waals surface area contributed by atoms with Crippen LogP contribution >= 0.6 is 0 Å². The number of rotatable bonds is 1. The van der Waals surface area contributed by atoms with Gasteiger partial charge in [-0.25, -0.2) is 0 Å². The Morgan fingerprint density at radius 3 is 3.00 bits per heavy atom. The molecular weight excluding hydrogens is 100 g/mol. The van der Waals surface area contributed by atoms with Crippen molar-refractivity contribution in [1.82, 2.24) is 0 Å². The molecule has 0 saturated carbocycles. The molecule has 0 amide bonds. The highest BCUT2D eigenvalue weighted by atomic mass is 16.5. The number of methoxy groups -OCH3 is 1. The molecule has 0 spiro atoms. The molecule has 8 heavy (non-hydrogen) atoms. The SMILES string of the molecule is COC1C=C=CCC1. The minimum Gasteiger partial charge on any atom is -0.377 e. The van der Waals surface area contributed by atoms with E-state index in [4.69, 9.17) is 4.74 Å². The number of hydrogen-bond acceptors (Lipinski definition) is 1. The molecule has 1 aliphatic rings. The lowest BCUT2D eigenvalue weighted by Crippen LogP contribution is -2.06. The predicted molar refractivity (Wildman–Crippen MR) is 32.7 cm³/mol. The maximum absolute atomic E-state index is 5.05. The van der Waals surface area contributed by atoms with Gasteiger partial charge in [0.15, 0.2) is 0 Å². The van der Waals surface area contributed by atoms with Crippen LogP contribution in [0.25, 0.3) is 0 Å². The van der Waals surface area contributed by atoms with Crippen molar-refractivity contribution in [2.24, 2.45) is 0 Å². The molecule has 1 nitrogen and oxygen atoms in total. The predicted octanol–water partition coefficient (Wildman–Crippen LogP) is 1.51. The van der Waals surface area contributed by atoms with Crippen molar-refractivity contribution in [2.75, 3.05) is 7.11 Å². The third kappa shape index (κ3) is 1.22. The summed E-state index contributed by atoms with van der Waals surface area (Å²) >= 11 is 0. The average molecular weight is 110 g/mol. The Morgan fingerprint density at radius 1 is 1.75 bits per heavy atom. The minimum atomic E-state index is 0.319. The number of hydrogen-bond donors (Lipinski definition) is 0. The smallest absolute Gasteiger partial charge is 0.0828 e. The van der Waals surface area contributed by atoms with E-state index in [0.29, 0.717) is 6.10 Å². The highest BCUT2D eigenvalue weighted by Gasteiger charge is 2.01. The van der Waals surface area contributed by atoms with Crippen LogP contribution in [-0.4, -0.2) is 13.2 Å². The van der Waals surface area contributed by atoms with Crippen LogP contribution in [0.2, 0.25) is 0 Å². The van der Waals surface area contributed by atoms with Crippen molar-refractivity contribution in [1.29, 1.82) is 0 Å². The summed E-state index contributed by atoms with van der Waals surface area (Å²) in [5, 5.41) is 0. The molecule has 0 radical (unpaired) electrons. The molecule has 1 heteroatoms. The van der Waals surface area contributed by atoms with Crippen molar-refractivity contribution in [3.05, 3.63) is 17.9 Å². The van der Waals surface area contributed by atoms with Gasteiger partial charge in [-0.3, -0.25) is 0 Å². The highest BCUT2D eigenvalue weighted by molar-refractivity contribution is 4.96. The van der Waals surface area contributed by atoms with Gasteiger partial charge in [0, 0.05) is 7.11 Å². The molecule has 0 N–H and O–H groups in total. The van der Waals surface area contributed by atoms with E-state index in [-0.39, 0.29) is 0 Å². The van der Waals surface area contributed by atoms with Gasteiger partial charge in [-0.15, -0.1) is 5.73 Å². The lowest BCUT2D eigenvalue weighted by atomic mass is 10.1. The fourth-order valence-electron chi connectivity index (χ4n) is 0.776. The average Bonchev–Trinajstić information content (AvgIpc) is 1.90. The van der Waals surface area contributed by atoms with E-state index in [1.807, 2.05) is 12.2 Å². The summed E-state index contributed by atoms with van der Waals surface area (Å²) in [7, 11) is 1.73. The van der Waals surface area contributed by atoms with Gasteiger partial charge in [0.2, 0.25) is 0 Å². The summed E-state index contributed by atoms with van der Waals surface area (Å²) in [4.78, 5) is 0. The van der Waals surface area contributed by atoms with Crippen LogP contribution in [0.4, 0.5) is 0 Å². The first-order chi connectivity index (χ1) is 3.93. The standard InChI is InChI=1S/C7H10O/c1-8-7-5-3-2-4-6-7/h2,6-7H,3,5H2,1H3. The van der Waals surface area contributed by atoms with E-state index in [1.165, 1.54) is 0 Å². The molecule has 0 aromatic rings. The first-order valence-electron chi connectivity index (χ1n) is 2.87. The van der Waals surface area contributed by atoms with Gasteiger partial charge in [-0.2, -0.15) is 0 Å². The van der Waals surface area contributed by atoms with E-state index in [0.717, 1.165) is 12.8 Å². The van der Waals surface area contributed by atoms with Crippen LogP contribution in [0.5, 0.6) is 0 Å². The Kier molecular flexibility index (Phi) is 1.90. The van der Waals surface area contributed by atoms with Gasteiger partial charge in [-0.1, -0.05) is 0 Å². The second-order valence-electron chi connectivity index (χ2n) is 1.89. The minimum absolute atomic E-state index is 0.319. The molecule has 0 fully saturated rings. The quantitative estimate of drug-likeness (QED) is 0.465. The fraction of sp³-hybridized carbons (Fsp3) is 0.571. The topological polar surface area (TPSA) is 9.23 Å². The maximum Gasteiger partial charge on any atom is 0.0828 e. The van der Waals surface area contributed by atoms with Gasteiger partial charge in [0.25, 0.3) is 0 Å². The molecule has 0 heterocycles. The Balaban J connectivity index is 2.47. The molecule has 0 bridgehead atoms. The van der Waals surface area contributed by atoms with E-state index in [1.54, 1.807) is 7.11 Å². The second-order valence-corrected chi connectivity index (χ2v) is 1.89. The van der Waals surface area contributed by atoms with Crippen LogP contribution in [-0.2, 0) is 4.74 Å². The number of ether oxygens (including phenoxy) is 1. The van der Waals surface area contributed by atoms with Crippen LogP contribution < -0.4 is 0 Å². The summed E-state index contributed by atoms with van der Waals surface area (Å²) < 4.78 is 5.05. The van der Waals surface area contributed by atoms with E-state index in [2.05, 4.69) is 5.73 Å². The maximum atomic E-state index is 5.05. The summed E-state index contributed by atoms with van der Waals surface area (Å²) in [6, 6.07) is 0. The second kappa shape index (κ2) is 2.71. The van der Waals surface area contributed by atoms with Crippen molar-refractivity contribution in [3.8, 4) is 0 Å². The van der Waals surface area contributed by atoms with Gasteiger partial charge in [0.1, 0.15) is 0 Å². The van der Waals surface area contributed by atoms with Crippen LogP contribution in [0.3, 0.4) is 0 Å². The summed E-state index contributed by atoms with van der Waals surface area (Å²) in [6.45, 7) is 0. The van der Waals surface area contributed by atoms with Gasteiger partial charge in [0.05, 0.1) is 6.10 Å². The van der Waals surface area contributed by atoms with Crippen LogP contribution in [0, 0.1) is 0 Å². The van der Waals surface area contributed by atoms with Gasteiger partial charge in [-0.05, 0) is 25.0 Å². The molecule has 0 saturated heterocycles. The van der Waals surface area contributed by atoms with Crippen molar-refractivity contribution in [3.63, 3.8) is 0 Å². The molecule has 0 aliphatic heterocycles. The molecule has 0 aromatic heterocycles. The van der Waals surface area contributed by atoms with Crippen LogP contribution in [0.15, 0.2) is 17.9 Å².